The Morgan fingerprint density at radius 2 is 2.08 bits per heavy atom. The minimum absolute atomic E-state index is 0.0476. The van der Waals surface area contributed by atoms with Gasteiger partial charge in [0, 0.05) is 12.6 Å². The van der Waals surface area contributed by atoms with Gasteiger partial charge >= 0.3 is 0 Å². The van der Waals surface area contributed by atoms with Crippen LogP contribution in [0.1, 0.15) is 36.9 Å². The van der Waals surface area contributed by atoms with E-state index in [4.69, 9.17) is 4.74 Å². The molecule has 1 aromatic carbocycles. The fourth-order valence-corrected chi connectivity index (χ4v) is 3.99. The van der Waals surface area contributed by atoms with Crippen LogP contribution in [-0.4, -0.2) is 39.5 Å². The topological polar surface area (TPSA) is 76.4 Å². The third kappa shape index (κ3) is 4.80. The number of carbonyl (C=O) groups excluding carboxylic acids is 1. The molecule has 140 valence electrons. The van der Waals surface area contributed by atoms with Gasteiger partial charge in [0.1, 0.15) is 5.75 Å². The lowest BCUT2D eigenvalue weighted by atomic mass is 10.2. The Balaban J connectivity index is 1.63. The van der Waals surface area contributed by atoms with Crippen molar-refractivity contribution in [2.75, 3.05) is 12.9 Å². The van der Waals surface area contributed by atoms with Crippen LogP contribution in [0.15, 0.2) is 35.6 Å². The number of methoxy groups -OCH3 is 1. The first-order valence-corrected chi connectivity index (χ1v) is 9.88. The second-order valence-electron chi connectivity index (χ2n) is 6.46. The van der Waals surface area contributed by atoms with Crippen molar-refractivity contribution in [3.05, 3.63) is 41.7 Å². The third-order valence-electron chi connectivity index (χ3n) is 4.62. The first-order chi connectivity index (χ1) is 12.7. The smallest absolute Gasteiger partial charge is 0.230 e. The SMILES string of the molecule is COc1ccc(Cn2c(CO)cnc2SCC(=O)NC2CCCC2)cc1. The predicted molar refractivity (Wildman–Crippen MR) is 101 cm³/mol. The van der Waals surface area contributed by atoms with Gasteiger partial charge in [-0.25, -0.2) is 4.98 Å². The predicted octanol–water partition coefficient (Wildman–Crippen LogP) is 2.58. The highest BCUT2D eigenvalue weighted by Crippen LogP contribution is 2.22. The van der Waals surface area contributed by atoms with Crippen molar-refractivity contribution in [1.29, 1.82) is 0 Å². The molecular formula is C19H25N3O3S. The van der Waals surface area contributed by atoms with E-state index in [1.165, 1.54) is 24.6 Å². The highest BCUT2D eigenvalue weighted by molar-refractivity contribution is 7.99. The van der Waals surface area contributed by atoms with Gasteiger partial charge in [-0.1, -0.05) is 36.7 Å². The molecule has 26 heavy (non-hydrogen) atoms. The van der Waals surface area contributed by atoms with Crippen LogP contribution in [0.4, 0.5) is 0 Å². The number of nitrogens with one attached hydrogen (secondary N) is 1. The number of amides is 1. The van der Waals surface area contributed by atoms with Crippen molar-refractivity contribution in [3.63, 3.8) is 0 Å². The fourth-order valence-electron chi connectivity index (χ4n) is 3.19. The maximum atomic E-state index is 12.2. The molecule has 1 saturated carbocycles. The van der Waals surface area contributed by atoms with Crippen LogP contribution in [0.5, 0.6) is 5.75 Å². The number of aromatic nitrogens is 2. The molecule has 3 rings (SSSR count). The van der Waals surface area contributed by atoms with Gasteiger partial charge in [0.05, 0.1) is 31.4 Å². The van der Waals surface area contributed by atoms with Crippen molar-refractivity contribution >= 4 is 17.7 Å². The van der Waals surface area contributed by atoms with Gasteiger partial charge in [-0.05, 0) is 30.5 Å². The van der Waals surface area contributed by atoms with E-state index >= 15 is 0 Å². The highest BCUT2D eigenvalue weighted by Gasteiger charge is 2.18. The lowest BCUT2D eigenvalue weighted by molar-refractivity contribution is -0.119. The maximum Gasteiger partial charge on any atom is 0.230 e. The Morgan fingerprint density at radius 1 is 1.35 bits per heavy atom. The Bertz CT molecular complexity index is 724. The molecule has 1 aromatic heterocycles. The van der Waals surface area contributed by atoms with Gasteiger partial charge in [-0.3, -0.25) is 4.79 Å². The van der Waals surface area contributed by atoms with Crippen molar-refractivity contribution in [3.8, 4) is 5.75 Å². The van der Waals surface area contributed by atoms with E-state index in [9.17, 15) is 9.90 Å². The molecule has 2 N–H and O–H groups in total. The Labute approximate surface area is 158 Å². The van der Waals surface area contributed by atoms with Crippen LogP contribution in [0.2, 0.25) is 0 Å². The van der Waals surface area contributed by atoms with Gasteiger partial charge in [0.2, 0.25) is 5.91 Å². The molecule has 7 heteroatoms. The maximum absolute atomic E-state index is 12.2. The number of aliphatic hydroxyl groups excluding tert-OH is 1. The summed E-state index contributed by atoms with van der Waals surface area (Å²) in [4.78, 5) is 16.5. The largest absolute Gasteiger partial charge is 0.497 e. The van der Waals surface area contributed by atoms with Crippen molar-refractivity contribution < 1.29 is 14.6 Å². The number of aliphatic hydroxyl groups is 1. The number of nitrogens with zero attached hydrogens (tertiary/aromatic N) is 2. The Hall–Kier alpha value is -1.99. The molecule has 0 radical (unpaired) electrons. The average Bonchev–Trinajstić information content (AvgIpc) is 3.30. The number of imidazole rings is 1. The zero-order chi connectivity index (χ0) is 18.4. The van der Waals surface area contributed by atoms with Gasteiger partial charge in [-0.2, -0.15) is 0 Å². The summed E-state index contributed by atoms with van der Waals surface area (Å²) in [6, 6.07) is 8.12. The summed E-state index contributed by atoms with van der Waals surface area (Å²) in [5.74, 6) is 1.19. The summed E-state index contributed by atoms with van der Waals surface area (Å²) in [6.07, 6.45) is 6.23. The number of ether oxygens (including phenoxy) is 1. The number of hydrogen-bond donors (Lipinski definition) is 2. The van der Waals surface area contributed by atoms with E-state index in [0.717, 1.165) is 35.0 Å². The molecule has 1 aliphatic rings. The van der Waals surface area contributed by atoms with E-state index in [1.807, 2.05) is 28.8 Å². The summed E-state index contributed by atoms with van der Waals surface area (Å²) < 4.78 is 7.14. The highest BCUT2D eigenvalue weighted by atomic mass is 32.2. The van der Waals surface area contributed by atoms with Crippen molar-refractivity contribution in [2.45, 2.75) is 50.0 Å². The molecular weight excluding hydrogens is 350 g/mol. The molecule has 0 atom stereocenters. The van der Waals surface area contributed by atoms with Gasteiger partial charge in [-0.15, -0.1) is 0 Å². The van der Waals surface area contributed by atoms with Crippen LogP contribution < -0.4 is 10.1 Å². The standard InChI is InChI=1S/C19H25N3O3S/c1-25-17-8-6-14(7-9-17)11-22-16(12-23)10-20-19(22)26-13-18(24)21-15-4-2-3-5-15/h6-10,15,23H,2-5,11-13H2,1H3,(H,21,24). The van der Waals surface area contributed by atoms with E-state index in [2.05, 4.69) is 10.3 Å². The average molecular weight is 375 g/mol. The monoisotopic (exact) mass is 375 g/mol. The van der Waals surface area contributed by atoms with Gasteiger partial charge < -0.3 is 19.7 Å². The lowest BCUT2D eigenvalue weighted by Crippen LogP contribution is -2.33. The van der Waals surface area contributed by atoms with Crippen LogP contribution >= 0.6 is 11.8 Å². The second kappa shape index (κ2) is 9.09. The molecule has 0 unspecified atom stereocenters. The van der Waals surface area contributed by atoms with Gasteiger partial charge in [0.25, 0.3) is 0 Å². The first kappa shape index (κ1) is 18.8. The summed E-state index contributed by atoms with van der Waals surface area (Å²) in [5.41, 5.74) is 1.82. The number of benzene rings is 1. The van der Waals surface area contributed by atoms with Crippen LogP contribution in [-0.2, 0) is 17.9 Å². The molecule has 0 bridgehead atoms. The number of rotatable bonds is 8. The summed E-state index contributed by atoms with van der Waals surface area (Å²) in [7, 11) is 1.64. The molecule has 2 aromatic rings. The van der Waals surface area contributed by atoms with Crippen LogP contribution in [0.25, 0.3) is 0 Å². The molecule has 1 fully saturated rings. The molecule has 0 saturated heterocycles. The summed E-state index contributed by atoms with van der Waals surface area (Å²) >= 11 is 1.41. The zero-order valence-electron chi connectivity index (χ0n) is 15.0. The minimum atomic E-state index is -0.0853. The van der Waals surface area contributed by atoms with Crippen molar-refractivity contribution in [2.24, 2.45) is 0 Å². The van der Waals surface area contributed by atoms with Crippen molar-refractivity contribution in [1.82, 2.24) is 14.9 Å². The van der Waals surface area contributed by atoms with E-state index in [-0.39, 0.29) is 12.5 Å². The molecule has 1 aliphatic carbocycles. The Morgan fingerprint density at radius 3 is 2.73 bits per heavy atom. The number of thioether (sulfide) groups is 1. The fraction of sp³-hybridized carbons (Fsp3) is 0.474. The molecule has 1 heterocycles. The summed E-state index contributed by atoms with van der Waals surface area (Å²) in [6.45, 7) is 0.504. The lowest BCUT2D eigenvalue weighted by Gasteiger charge is -2.13. The quantitative estimate of drug-likeness (QED) is 0.694. The minimum Gasteiger partial charge on any atom is -0.497 e. The third-order valence-corrected chi connectivity index (χ3v) is 5.61. The second-order valence-corrected chi connectivity index (χ2v) is 7.40. The van der Waals surface area contributed by atoms with E-state index in [1.54, 1.807) is 13.3 Å². The zero-order valence-corrected chi connectivity index (χ0v) is 15.8. The number of hydrogen-bond acceptors (Lipinski definition) is 5. The van der Waals surface area contributed by atoms with Gasteiger partial charge in [0.15, 0.2) is 5.16 Å². The molecule has 6 nitrogen and oxygen atoms in total. The van der Waals surface area contributed by atoms with E-state index in [0.29, 0.717) is 18.3 Å². The van der Waals surface area contributed by atoms with Crippen LogP contribution in [0.3, 0.4) is 0 Å². The number of carbonyl (C=O) groups is 1. The molecule has 0 spiro atoms. The molecule has 1 amide bonds. The molecule has 0 aliphatic heterocycles. The Kier molecular flexibility index (Phi) is 6.57. The van der Waals surface area contributed by atoms with Crippen LogP contribution in [0, 0.1) is 0 Å². The summed E-state index contributed by atoms with van der Waals surface area (Å²) in [5, 5.41) is 13.4. The first-order valence-electron chi connectivity index (χ1n) is 8.90. The van der Waals surface area contributed by atoms with E-state index < -0.39 is 0 Å². The normalized spacial score (nSPS) is 14.5.